The summed E-state index contributed by atoms with van der Waals surface area (Å²) in [5.41, 5.74) is 5.05. The normalized spacial score (nSPS) is 9.67. The van der Waals surface area contributed by atoms with Gasteiger partial charge in [0.25, 0.3) is 5.91 Å². The Kier molecular flexibility index (Phi) is 4.36. The minimum absolute atomic E-state index is 0.0232. The molecule has 1 aromatic carbocycles. The molecule has 0 saturated heterocycles. The summed E-state index contributed by atoms with van der Waals surface area (Å²) in [6, 6.07) is 2.74. The number of esters is 1. The predicted octanol–water partition coefficient (Wildman–Crippen LogP) is 0.486. The molecule has 1 rings (SSSR count). The highest BCUT2D eigenvalue weighted by Crippen LogP contribution is 2.10. The highest BCUT2D eigenvalue weighted by atomic mass is 19.1. The molecule has 0 aromatic heterocycles. The maximum Gasteiger partial charge on any atom is 0.338 e. The fourth-order valence-electron chi connectivity index (χ4n) is 1.11. The molecule has 3 amide bonds. The molecule has 0 saturated carbocycles. The number of halogens is 1. The molecule has 0 aliphatic rings. The van der Waals surface area contributed by atoms with Crippen LogP contribution in [0.3, 0.4) is 0 Å². The van der Waals surface area contributed by atoms with Crippen LogP contribution in [-0.2, 0) is 9.53 Å². The van der Waals surface area contributed by atoms with Gasteiger partial charge in [-0.1, -0.05) is 6.07 Å². The summed E-state index contributed by atoms with van der Waals surface area (Å²) in [6.45, 7) is 0.877. The smallest absolute Gasteiger partial charge is 0.338 e. The number of primary amides is 1. The van der Waals surface area contributed by atoms with Gasteiger partial charge in [-0.3, -0.25) is 10.1 Å². The number of aryl methyl sites for hydroxylation is 1. The third-order valence-corrected chi connectivity index (χ3v) is 2.00. The quantitative estimate of drug-likeness (QED) is 0.766. The molecule has 0 unspecified atom stereocenters. The predicted molar refractivity (Wildman–Crippen MR) is 59.1 cm³/mol. The van der Waals surface area contributed by atoms with Crippen molar-refractivity contribution in [1.82, 2.24) is 5.32 Å². The van der Waals surface area contributed by atoms with Crippen LogP contribution in [0, 0.1) is 12.7 Å². The molecule has 0 bridgehead atoms. The third-order valence-electron chi connectivity index (χ3n) is 2.00. The van der Waals surface area contributed by atoms with Gasteiger partial charge in [-0.15, -0.1) is 0 Å². The first-order valence-electron chi connectivity index (χ1n) is 4.92. The Bertz CT molecular complexity index is 502. The van der Waals surface area contributed by atoms with Crippen molar-refractivity contribution in [3.05, 3.63) is 35.1 Å². The highest BCUT2D eigenvalue weighted by molar-refractivity contribution is 5.96. The number of carbonyl (C=O) groups excluding carboxylic acids is 3. The lowest BCUT2D eigenvalue weighted by Gasteiger charge is -2.05. The number of benzene rings is 1. The monoisotopic (exact) mass is 254 g/mol. The Hall–Kier alpha value is -2.44. The average Bonchev–Trinajstić information content (AvgIpc) is 2.28. The summed E-state index contributed by atoms with van der Waals surface area (Å²) in [5, 5.41) is 1.72. The van der Waals surface area contributed by atoms with Crippen LogP contribution >= 0.6 is 0 Å². The number of rotatable bonds is 3. The minimum Gasteiger partial charge on any atom is -0.452 e. The van der Waals surface area contributed by atoms with E-state index < -0.39 is 30.3 Å². The molecule has 96 valence electrons. The van der Waals surface area contributed by atoms with Crippen molar-refractivity contribution in [3.63, 3.8) is 0 Å². The van der Waals surface area contributed by atoms with Crippen LogP contribution in [0.2, 0.25) is 0 Å². The topological polar surface area (TPSA) is 98.5 Å². The molecule has 0 radical (unpaired) electrons. The Labute approximate surface area is 102 Å². The SMILES string of the molecule is Cc1ccc(C(=O)OCC(=O)NC(N)=O)cc1F. The molecule has 3 N–H and O–H groups in total. The van der Waals surface area contributed by atoms with Gasteiger partial charge in [0.15, 0.2) is 6.61 Å². The summed E-state index contributed by atoms with van der Waals surface area (Å²) in [4.78, 5) is 32.7. The fourth-order valence-corrected chi connectivity index (χ4v) is 1.11. The van der Waals surface area contributed by atoms with Crippen LogP contribution in [0.1, 0.15) is 15.9 Å². The molecular weight excluding hydrogens is 243 g/mol. The summed E-state index contributed by atoms with van der Waals surface area (Å²) < 4.78 is 17.7. The van der Waals surface area contributed by atoms with E-state index >= 15 is 0 Å². The minimum atomic E-state index is -1.04. The first kappa shape index (κ1) is 13.6. The van der Waals surface area contributed by atoms with Gasteiger partial charge in [0.1, 0.15) is 5.82 Å². The largest absolute Gasteiger partial charge is 0.452 e. The summed E-state index contributed by atoms with van der Waals surface area (Å²) in [6.07, 6.45) is 0. The molecule has 1 aromatic rings. The third kappa shape index (κ3) is 3.85. The maximum absolute atomic E-state index is 13.2. The van der Waals surface area contributed by atoms with Gasteiger partial charge in [0.05, 0.1) is 5.56 Å². The van der Waals surface area contributed by atoms with Crippen molar-refractivity contribution >= 4 is 17.9 Å². The number of nitrogens with two attached hydrogens (primary N) is 1. The number of imide groups is 1. The number of carbonyl (C=O) groups is 3. The second-order valence-electron chi connectivity index (χ2n) is 3.45. The van der Waals surface area contributed by atoms with E-state index in [0.29, 0.717) is 5.56 Å². The van der Waals surface area contributed by atoms with E-state index in [-0.39, 0.29) is 5.56 Å². The summed E-state index contributed by atoms with van der Waals surface area (Å²) in [5.74, 6) is -2.28. The summed E-state index contributed by atoms with van der Waals surface area (Å²) >= 11 is 0. The number of urea groups is 1. The van der Waals surface area contributed by atoms with Crippen LogP contribution in [0.15, 0.2) is 18.2 Å². The van der Waals surface area contributed by atoms with E-state index in [4.69, 9.17) is 0 Å². The van der Waals surface area contributed by atoms with Gasteiger partial charge in [-0.05, 0) is 24.6 Å². The lowest BCUT2D eigenvalue weighted by Crippen LogP contribution is -2.37. The number of nitrogens with one attached hydrogen (secondary N) is 1. The zero-order valence-corrected chi connectivity index (χ0v) is 9.53. The summed E-state index contributed by atoms with van der Waals surface area (Å²) in [7, 11) is 0. The van der Waals surface area contributed by atoms with E-state index in [1.54, 1.807) is 12.2 Å². The first-order valence-corrected chi connectivity index (χ1v) is 4.92. The second kappa shape index (κ2) is 5.76. The lowest BCUT2D eigenvalue weighted by molar-refractivity contribution is -0.123. The first-order chi connectivity index (χ1) is 8.40. The molecule has 0 atom stereocenters. The molecule has 18 heavy (non-hydrogen) atoms. The molecule has 0 aliphatic heterocycles. The number of amides is 3. The van der Waals surface area contributed by atoms with Gasteiger partial charge >= 0.3 is 12.0 Å². The van der Waals surface area contributed by atoms with Gasteiger partial charge in [0.2, 0.25) is 0 Å². The zero-order chi connectivity index (χ0) is 13.7. The second-order valence-corrected chi connectivity index (χ2v) is 3.45. The molecule has 0 aliphatic carbocycles. The van der Waals surface area contributed by atoms with Crippen LogP contribution in [0.5, 0.6) is 0 Å². The van der Waals surface area contributed by atoms with Crippen LogP contribution in [-0.4, -0.2) is 24.5 Å². The van der Waals surface area contributed by atoms with Crippen molar-refractivity contribution in [3.8, 4) is 0 Å². The Balaban J connectivity index is 2.58. The van der Waals surface area contributed by atoms with Gasteiger partial charge in [0, 0.05) is 0 Å². The van der Waals surface area contributed by atoms with Gasteiger partial charge < -0.3 is 10.5 Å². The van der Waals surface area contributed by atoms with Crippen molar-refractivity contribution in [1.29, 1.82) is 0 Å². The molecular formula is C11H11FN2O4. The van der Waals surface area contributed by atoms with Gasteiger partial charge in [-0.25, -0.2) is 14.0 Å². The molecule has 6 nitrogen and oxygen atoms in total. The molecule has 0 spiro atoms. The Morgan fingerprint density at radius 2 is 2.06 bits per heavy atom. The molecule has 7 heteroatoms. The van der Waals surface area contributed by atoms with Crippen LogP contribution in [0.25, 0.3) is 0 Å². The van der Waals surface area contributed by atoms with E-state index in [1.165, 1.54) is 12.1 Å². The van der Waals surface area contributed by atoms with Crippen LogP contribution in [0.4, 0.5) is 9.18 Å². The zero-order valence-electron chi connectivity index (χ0n) is 9.53. The van der Waals surface area contributed by atoms with E-state index in [1.807, 2.05) is 0 Å². The number of ether oxygens (including phenoxy) is 1. The van der Waals surface area contributed by atoms with Gasteiger partial charge in [-0.2, -0.15) is 0 Å². The molecule has 0 fully saturated rings. The van der Waals surface area contributed by atoms with Crippen molar-refractivity contribution < 1.29 is 23.5 Å². The fraction of sp³-hybridized carbons (Fsp3) is 0.182. The Morgan fingerprint density at radius 3 is 2.61 bits per heavy atom. The van der Waals surface area contributed by atoms with Crippen molar-refractivity contribution in [2.24, 2.45) is 5.73 Å². The lowest BCUT2D eigenvalue weighted by atomic mass is 10.1. The van der Waals surface area contributed by atoms with Crippen molar-refractivity contribution in [2.45, 2.75) is 6.92 Å². The molecule has 0 heterocycles. The van der Waals surface area contributed by atoms with E-state index in [0.717, 1.165) is 6.07 Å². The highest BCUT2D eigenvalue weighted by Gasteiger charge is 2.12. The number of hydrogen-bond acceptors (Lipinski definition) is 4. The number of hydrogen-bond donors (Lipinski definition) is 2. The van der Waals surface area contributed by atoms with E-state index in [9.17, 15) is 18.8 Å². The Morgan fingerprint density at radius 1 is 1.39 bits per heavy atom. The van der Waals surface area contributed by atoms with Crippen LogP contribution < -0.4 is 11.1 Å². The standard InChI is InChI=1S/C11H11FN2O4/c1-6-2-3-7(4-8(6)12)10(16)18-5-9(15)14-11(13)17/h2-4H,5H2,1H3,(H3,13,14,15,17). The van der Waals surface area contributed by atoms with Crippen molar-refractivity contribution in [2.75, 3.05) is 6.61 Å². The average molecular weight is 254 g/mol. The van der Waals surface area contributed by atoms with E-state index in [2.05, 4.69) is 10.5 Å². The maximum atomic E-state index is 13.2.